The molecule has 2 aliphatic rings. The van der Waals surface area contributed by atoms with Crippen molar-refractivity contribution in [1.82, 2.24) is 14.9 Å². The molecule has 1 aromatic carbocycles. The van der Waals surface area contributed by atoms with Gasteiger partial charge in [0.15, 0.2) is 0 Å². The van der Waals surface area contributed by atoms with Crippen LogP contribution in [-0.2, 0) is 15.8 Å². The predicted octanol–water partition coefficient (Wildman–Crippen LogP) is 3.42. The van der Waals surface area contributed by atoms with Gasteiger partial charge in [-0.2, -0.15) is 13.2 Å². The normalized spacial score (nSPS) is 17.9. The lowest BCUT2D eigenvalue weighted by molar-refractivity contribution is -0.137. The van der Waals surface area contributed by atoms with Gasteiger partial charge in [-0.1, -0.05) is 13.8 Å². The number of aryl methyl sites for hydroxylation is 1. The van der Waals surface area contributed by atoms with Crippen molar-refractivity contribution in [2.45, 2.75) is 45.8 Å². The molecule has 35 heavy (non-hydrogen) atoms. The molecule has 0 unspecified atom stereocenters. The monoisotopic (exact) mass is 490 g/mol. The van der Waals surface area contributed by atoms with Crippen LogP contribution in [0.15, 0.2) is 24.3 Å². The van der Waals surface area contributed by atoms with Crippen molar-refractivity contribution < 1.29 is 22.8 Å². The zero-order valence-electron chi connectivity index (χ0n) is 20.2. The molecule has 2 aliphatic heterocycles. The summed E-state index contributed by atoms with van der Waals surface area (Å²) in [5, 5.41) is 2.45. The molecule has 0 bridgehead atoms. The molecule has 0 saturated carbocycles. The highest BCUT2D eigenvalue weighted by Gasteiger charge is 2.36. The first-order valence-corrected chi connectivity index (χ1v) is 11.6. The van der Waals surface area contributed by atoms with Crippen LogP contribution < -0.4 is 15.1 Å². The van der Waals surface area contributed by atoms with Gasteiger partial charge in [-0.25, -0.2) is 9.97 Å². The van der Waals surface area contributed by atoms with Gasteiger partial charge < -0.3 is 10.2 Å². The Morgan fingerprint density at radius 2 is 1.74 bits per heavy atom. The van der Waals surface area contributed by atoms with Gasteiger partial charge in [0, 0.05) is 43.9 Å². The molecule has 0 aliphatic carbocycles. The quantitative estimate of drug-likeness (QED) is 0.708. The molecular weight excluding hydrogens is 461 g/mol. The van der Waals surface area contributed by atoms with Gasteiger partial charge in [-0.15, -0.1) is 0 Å². The minimum absolute atomic E-state index is 0.0125. The van der Waals surface area contributed by atoms with E-state index >= 15 is 0 Å². The Balaban J connectivity index is 1.46. The van der Waals surface area contributed by atoms with Crippen molar-refractivity contribution in [3.05, 3.63) is 41.3 Å². The lowest BCUT2D eigenvalue weighted by atomic mass is 10.1. The van der Waals surface area contributed by atoms with Gasteiger partial charge in [0.25, 0.3) is 0 Å². The summed E-state index contributed by atoms with van der Waals surface area (Å²) in [4.78, 5) is 40.2. The average molecular weight is 491 g/mol. The van der Waals surface area contributed by atoms with Crippen molar-refractivity contribution in [3.63, 3.8) is 0 Å². The minimum atomic E-state index is -4.54. The van der Waals surface area contributed by atoms with E-state index < -0.39 is 23.7 Å². The second kappa shape index (κ2) is 9.44. The van der Waals surface area contributed by atoms with Crippen LogP contribution in [0.2, 0.25) is 0 Å². The first kappa shape index (κ1) is 24.9. The number of carbonyl (C=O) groups excluding carboxylic acids is 2. The van der Waals surface area contributed by atoms with Crippen LogP contribution in [0.5, 0.6) is 0 Å². The summed E-state index contributed by atoms with van der Waals surface area (Å²) in [6.07, 6.45) is -4.54. The number of halogens is 3. The Kier molecular flexibility index (Phi) is 6.72. The summed E-state index contributed by atoms with van der Waals surface area (Å²) < 4.78 is 39.3. The molecule has 11 heteroatoms. The Labute approximate surface area is 202 Å². The van der Waals surface area contributed by atoms with E-state index in [-0.39, 0.29) is 29.7 Å². The third-order valence-corrected chi connectivity index (χ3v) is 6.37. The molecule has 188 valence electrons. The molecule has 4 rings (SSSR count). The van der Waals surface area contributed by atoms with E-state index in [1.165, 1.54) is 11.0 Å². The van der Waals surface area contributed by atoms with Crippen molar-refractivity contribution in [3.8, 4) is 0 Å². The van der Waals surface area contributed by atoms with Crippen LogP contribution >= 0.6 is 0 Å². The Bertz CT molecular complexity index is 1130. The lowest BCUT2D eigenvalue weighted by Crippen LogP contribution is -2.56. The second-order valence-electron chi connectivity index (χ2n) is 9.28. The highest BCUT2D eigenvalue weighted by molar-refractivity contribution is 6.11. The molecule has 2 amide bonds. The molecule has 3 heterocycles. The molecule has 1 N–H and O–H groups in total. The molecular formula is C24H29F3N6O2. The largest absolute Gasteiger partial charge is 0.416 e. The number of hydrogen-bond donors (Lipinski definition) is 1. The molecule has 1 atom stereocenters. The summed E-state index contributed by atoms with van der Waals surface area (Å²) in [5.41, 5.74) is 0.281. The molecule has 1 saturated heterocycles. The zero-order chi connectivity index (χ0) is 25.5. The first-order chi connectivity index (χ1) is 16.4. The maximum absolute atomic E-state index is 13.4. The van der Waals surface area contributed by atoms with Crippen LogP contribution in [0.3, 0.4) is 0 Å². The highest BCUT2D eigenvalue weighted by Crippen LogP contribution is 2.37. The summed E-state index contributed by atoms with van der Waals surface area (Å²) in [7, 11) is 0. The fourth-order valence-electron chi connectivity index (χ4n) is 4.38. The van der Waals surface area contributed by atoms with Gasteiger partial charge in [0.05, 0.1) is 23.0 Å². The Hall–Kier alpha value is -3.21. The van der Waals surface area contributed by atoms with Crippen molar-refractivity contribution in [2.24, 2.45) is 0 Å². The number of rotatable bonds is 4. The topological polar surface area (TPSA) is 81.7 Å². The zero-order valence-corrected chi connectivity index (χ0v) is 20.2. The van der Waals surface area contributed by atoms with Gasteiger partial charge in [0.1, 0.15) is 18.2 Å². The number of carbonyl (C=O) groups is 2. The number of aromatic nitrogens is 2. The fraction of sp³-hybridized carbons (Fsp3) is 0.500. The molecule has 8 nitrogen and oxygen atoms in total. The van der Waals surface area contributed by atoms with E-state index in [0.717, 1.165) is 29.5 Å². The van der Waals surface area contributed by atoms with E-state index in [4.69, 9.17) is 0 Å². The number of alkyl halides is 3. The van der Waals surface area contributed by atoms with Crippen LogP contribution in [0.4, 0.5) is 30.4 Å². The van der Waals surface area contributed by atoms with Crippen LogP contribution in [0.25, 0.3) is 0 Å². The lowest BCUT2D eigenvalue weighted by Gasteiger charge is -2.40. The third-order valence-electron chi connectivity index (χ3n) is 6.37. The molecule has 1 fully saturated rings. The van der Waals surface area contributed by atoms with Gasteiger partial charge in [-0.3, -0.25) is 19.4 Å². The highest BCUT2D eigenvalue weighted by atomic mass is 19.4. The van der Waals surface area contributed by atoms with E-state index in [9.17, 15) is 22.8 Å². The Morgan fingerprint density at radius 3 is 2.37 bits per heavy atom. The smallest absolute Gasteiger partial charge is 0.354 e. The van der Waals surface area contributed by atoms with Gasteiger partial charge >= 0.3 is 6.18 Å². The minimum Gasteiger partial charge on any atom is -0.354 e. The SMILES string of the molecule is Cc1cc(N2CCN([C@@H](C)C(=O)N3CC(=O)Nc4cc(C(F)(F)F)ccc43)CC2)nc(C(C)C)n1. The summed E-state index contributed by atoms with van der Waals surface area (Å²) in [5.74, 6) is 1.02. The van der Waals surface area contributed by atoms with Crippen molar-refractivity contribution in [1.29, 1.82) is 0 Å². The number of piperazine rings is 1. The molecule has 0 spiro atoms. The summed E-state index contributed by atoms with van der Waals surface area (Å²) >= 11 is 0. The van der Waals surface area contributed by atoms with E-state index in [0.29, 0.717) is 26.2 Å². The van der Waals surface area contributed by atoms with E-state index in [1.54, 1.807) is 6.92 Å². The predicted molar refractivity (Wildman–Crippen MR) is 127 cm³/mol. The standard InChI is InChI=1S/C24H29F3N6O2/c1-14(2)22-28-15(3)11-20(30-22)32-9-7-31(8-10-32)16(4)23(35)33-13-21(34)29-18-12-17(24(25,26)27)5-6-19(18)33/h5-6,11-12,14,16H,7-10,13H2,1-4H3,(H,29,34)/t16-/m0/s1. The maximum atomic E-state index is 13.4. The Morgan fingerprint density at radius 1 is 1.06 bits per heavy atom. The van der Waals surface area contributed by atoms with Crippen LogP contribution in [0, 0.1) is 6.92 Å². The molecule has 2 aromatic rings. The third kappa shape index (κ3) is 5.24. The number of amides is 2. The van der Waals surface area contributed by atoms with E-state index in [1.807, 2.05) is 31.7 Å². The summed E-state index contributed by atoms with van der Waals surface area (Å²) in [6.45, 7) is 10.1. The maximum Gasteiger partial charge on any atom is 0.416 e. The van der Waals surface area contributed by atoms with Crippen molar-refractivity contribution >= 4 is 29.0 Å². The average Bonchev–Trinajstić information content (AvgIpc) is 2.81. The number of nitrogens with one attached hydrogen (secondary N) is 1. The van der Waals surface area contributed by atoms with Gasteiger partial charge in [0.2, 0.25) is 11.8 Å². The fourth-order valence-corrected chi connectivity index (χ4v) is 4.38. The number of hydrogen-bond acceptors (Lipinski definition) is 6. The second-order valence-corrected chi connectivity index (χ2v) is 9.28. The van der Waals surface area contributed by atoms with Gasteiger partial charge in [-0.05, 0) is 32.0 Å². The van der Waals surface area contributed by atoms with Crippen molar-refractivity contribution in [2.75, 3.05) is 47.8 Å². The molecule has 1 aromatic heterocycles. The number of benzene rings is 1. The number of anilines is 3. The molecule has 0 radical (unpaired) electrons. The first-order valence-electron chi connectivity index (χ1n) is 11.6. The van der Waals surface area contributed by atoms with E-state index in [2.05, 4.69) is 20.2 Å². The van der Waals surface area contributed by atoms with Crippen LogP contribution in [0.1, 0.15) is 43.8 Å². The number of fused-ring (bicyclic) bond motifs is 1. The summed E-state index contributed by atoms with van der Waals surface area (Å²) in [6, 6.07) is 4.44. The number of nitrogens with zero attached hydrogens (tertiary/aromatic N) is 5. The van der Waals surface area contributed by atoms with Crippen LogP contribution in [-0.4, -0.2) is 65.4 Å².